The van der Waals surface area contributed by atoms with Crippen molar-refractivity contribution in [2.45, 2.75) is 12.7 Å². The summed E-state index contributed by atoms with van der Waals surface area (Å²) in [5.41, 5.74) is 0. The van der Waals surface area contributed by atoms with Crippen LogP contribution in [0.5, 0.6) is 0 Å². The molecule has 0 bridgehead atoms. The SMILES string of the molecule is Fc1ccnc(N(Cc2ccc(-c3noc(C(F)(F)F)n3)s2)c2cnccn2)c1. The van der Waals surface area contributed by atoms with Crippen LogP contribution < -0.4 is 4.90 Å². The first-order chi connectivity index (χ1) is 13.9. The summed E-state index contributed by atoms with van der Waals surface area (Å²) in [6.07, 6.45) is 1.09. The number of thiophene rings is 1. The lowest BCUT2D eigenvalue weighted by Gasteiger charge is -2.21. The van der Waals surface area contributed by atoms with E-state index in [2.05, 4.69) is 29.6 Å². The maximum absolute atomic E-state index is 13.7. The predicted molar refractivity (Wildman–Crippen MR) is 94.7 cm³/mol. The summed E-state index contributed by atoms with van der Waals surface area (Å²) in [5, 5.41) is 3.38. The van der Waals surface area contributed by atoms with Gasteiger partial charge in [-0.1, -0.05) is 5.16 Å². The predicted octanol–water partition coefficient (Wildman–Crippen LogP) is 4.48. The Morgan fingerprint density at radius 2 is 1.86 bits per heavy atom. The van der Waals surface area contributed by atoms with Crippen molar-refractivity contribution in [3.8, 4) is 10.7 Å². The molecule has 0 aliphatic carbocycles. The highest BCUT2D eigenvalue weighted by atomic mass is 32.1. The van der Waals surface area contributed by atoms with Gasteiger partial charge in [-0.15, -0.1) is 11.3 Å². The smallest absolute Gasteiger partial charge is 0.329 e. The molecule has 4 rings (SSSR count). The summed E-state index contributed by atoms with van der Waals surface area (Å²) in [6, 6.07) is 5.75. The fourth-order valence-electron chi connectivity index (χ4n) is 2.43. The van der Waals surface area contributed by atoms with E-state index in [-0.39, 0.29) is 12.4 Å². The Kier molecular flexibility index (Phi) is 4.92. The number of aromatic nitrogens is 5. The molecule has 0 spiro atoms. The number of anilines is 2. The van der Waals surface area contributed by atoms with Crippen molar-refractivity contribution in [1.82, 2.24) is 25.1 Å². The van der Waals surface area contributed by atoms with Gasteiger partial charge in [0.2, 0.25) is 5.82 Å². The summed E-state index contributed by atoms with van der Waals surface area (Å²) >= 11 is 1.17. The quantitative estimate of drug-likeness (QED) is 0.439. The molecule has 0 N–H and O–H groups in total. The van der Waals surface area contributed by atoms with E-state index >= 15 is 0 Å². The lowest BCUT2D eigenvalue weighted by atomic mass is 10.3. The van der Waals surface area contributed by atoms with Gasteiger partial charge in [0.1, 0.15) is 11.6 Å². The Labute approximate surface area is 164 Å². The molecule has 0 unspecified atom stereocenters. The molecule has 0 aromatic carbocycles. The molecular weight excluding hydrogens is 412 g/mol. The average Bonchev–Trinajstić information content (AvgIpc) is 3.36. The van der Waals surface area contributed by atoms with Crippen LogP contribution >= 0.6 is 11.3 Å². The second-order valence-electron chi connectivity index (χ2n) is 5.67. The summed E-state index contributed by atoms with van der Waals surface area (Å²) in [4.78, 5) is 18.5. The van der Waals surface area contributed by atoms with E-state index in [1.54, 1.807) is 17.0 Å². The highest BCUT2D eigenvalue weighted by Gasteiger charge is 2.38. The van der Waals surface area contributed by atoms with Gasteiger partial charge in [0.05, 0.1) is 17.6 Å². The number of pyridine rings is 1. The monoisotopic (exact) mass is 422 g/mol. The van der Waals surface area contributed by atoms with Crippen molar-refractivity contribution < 1.29 is 22.1 Å². The maximum Gasteiger partial charge on any atom is 0.471 e. The van der Waals surface area contributed by atoms with E-state index in [1.807, 2.05) is 0 Å². The van der Waals surface area contributed by atoms with Crippen LogP contribution in [-0.4, -0.2) is 25.1 Å². The van der Waals surface area contributed by atoms with Crippen LogP contribution in [0.2, 0.25) is 0 Å². The zero-order chi connectivity index (χ0) is 20.4. The number of nitrogens with zero attached hydrogens (tertiary/aromatic N) is 6. The average molecular weight is 422 g/mol. The van der Waals surface area contributed by atoms with E-state index < -0.39 is 17.9 Å². The molecule has 4 aromatic heterocycles. The number of halogens is 4. The van der Waals surface area contributed by atoms with Gasteiger partial charge in [-0.05, 0) is 18.2 Å². The van der Waals surface area contributed by atoms with Gasteiger partial charge in [-0.2, -0.15) is 18.2 Å². The summed E-state index contributed by atoms with van der Waals surface area (Å²) in [5.74, 6) is -1.31. The third kappa shape index (κ3) is 4.21. The van der Waals surface area contributed by atoms with Gasteiger partial charge in [-0.25, -0.2) is 14.4 Å². The van der Waals surface area contributed by atoms with Crippen LogP contribution in [0.1, 0.15) is 10.8 Å². The maximum atomic E-state index is 13.7. The first kappa shape index (κ1) is 18.9. The van der Waals surface area contributed by atoms with E-state index in [0.29, 0.717) is 16.5 Å². The minimum absolute atomic E-state index is 0.163. The Morgan fingerprint density at radius 1 is 1.03 bits per heavy atom. The normalized spacial score (nSPS) is 11.6. The van der Waals surface area contributed by atoms with Crippen molar-refractivity contribution in [3.05, 3.63) is 65.6 Å². The lowest BCUT2D eigenvalue weighted by molar-refractivity contribution is -0.159. The number of alkyl halides is 3. The molecule has 0 amide bonds. The van der Waals surface area contributed by atoms with Crippen LogP contribution in [0.15, 0.2) is 53.6 Å². The van der Waals surface area contributed by atoms with Crippen LogP contribution in [0, 0.1) is 5.82 Å². The number of hydrogen-bond acceptors (Lipinski definition) is 8. The first-order valence-corrected chi connectivity index (χ1v) is 8.87. The molecule has 148 valence electrons. The molecule has 29 heavy (non-hydrogen) atoms. The Bertz CT molecular complexity index is 1110. The molecule has 0 saturated carbocycles. The van der Waals surface area contributed by atoms with Crippen LogP contribution in [0.25, 0.3) is 10.7 Å². The number of hydrogen-bond donors (Lipinski definition) is 0. The molecule has 12 heteroatoms. The van der Waals surface area contributed by atoms with Crippen molar-refractivity contribution >= 4 is 23.0 Å². The highest BCUT2D eigenvalue weighted by Crippen LogP contribution is 2.33. The van der Waals surface area contributed by atoms with Crippen LogP contribution in [0.3, 0.4) is 0 Å². The Morgan fingerprint density at radius 3 is 2.55 bits per heavy atom. The van der Waals surface area contributed by atoms with Gasteiger partial charge in [0.15, 0.2) is 5.82 Å². The minimum atomic E-state index is -4.71. The van der Waals surface area contributed by atoms with Crippen molar-refractivity contribution in [2.24, 2.45) is 0 Å². The molecule has 0 aliphatic rings. The summed E-state index contributed by atoms with van der Waals surface area (Å²) < 4.78 is 55.9. The molecule has 0 saturated heterocycles. The molecular formula is C17H10F4N6OS. The van der Waals surface area contributed by atoms with Gasteiger partial charge in [-0.3, -0.25) is 4.98 Å². The lowest BCUT2D eigenvalue weighted by Crippen LogP contribution is -2.18. The van der Waals surface area contributed by atoms with E-state index in [1.165, 1.54) is 48.3 Å². The fraction of sp³-hybridized carbons (Fsp3) is 0.118. The van der Waals surface area contributed by atoms with Crippen molar-refractivity contribution in [3.63, 3.8) is 0 Å². The van der Waals surface area contributed by atoms with Crippen LogP contribution in [-0.2, 0) is 12.7 Å². The second kappa shape index (κ2) is 7.54. The highest BCUT2D eigenvalue weighted by molar-refractivity contribution is 7.15. The molecule has 0 aliphatic heterocycles. The topological polar surface area (TPSA) is 80.8 Å². The van der Waals surface area contributed by atoms with Gasteiger partial charge in [0.25, 0.3) is 0 Å². The Balaban J connectivity index is 1.63. The van der Waals surface area contributed by atoms with Crippen LogP contribution in [0.4, 0.5) is 29.2 Å². The van der Waals surface area contributed by atoms with E-state index in [4.69, 9.17) is 0 Å². The Hall–Kier alpha value is -3.41. The zero-order valence-corrected chi connectivity index (χ0v) is 15.2. The molecule has 0 fully saturated rings. The molecule has 4 aromatic rings. The summed E-state index contributed by atoms with van der Waals surface area (Å²) in [7, 11) is 0. The molecule has 0 radical (unpaired) electrons. The van der Waals surface area contributed by atoms with E-state index in [9.17, 15) is 17.6 Å². The number of rotatable bonds is 5. The minimum Gasteiger partial charge on any atom is -0.329 e. The fourth-order valence-corrected chi connectivity index (χ4v) is 3.35. The van der Waals surface area contributed by atoms with Gasteiger partial charge in [0, 0.05) is 29.5 Å². The molecule has 0 atom stereocenters. The molecule has 7 nitrogen and oxygen atoms in total. The second-order valence-corrected chi connectivity index (χ2v) is 6.84. The third-order valence-electron chi connectivity index (χ3n) is 3.67. The van der Waals surface area contributed by atoms with Gasteiger partial charge < -0.3 is 9.42 Å². The van der Waals surface area contributed by atoms with Crippen molar-refractivity contribution in [1.29, 1.82) is 0 Å². The third-order valence-corrected chi connectivity index (χ3v) is 4.74. The molecule has 4 heterocycles. The van der Waals surface area contributed by atoms with Gasteiger partial charge >= 0.3 is 12.1 Å². The summed E-state index contributed by atoms with van der Waals surface area (Å²) in [6.45, 7) is 0.226. The van der Waals surface area contributed by atoms with E-state index in [0.717, 1.165) is 4.88 Å². The largest absolute Gasteiger partial charge is 0.471 e. The first-order valence-electron chi connectivity index (χ1n) is 8.05. The zero-order valence-electron chi connectivity index (χ0n) is 14.3. The standard InChI is InChI=1S/C17H10F4N6OS/c18-10-3-4-23-13(7-10)27(14-8-22-5-6-24-14)9-11-1-2-12(29-11)15-25-16(28-26-15)17(19,20)21/h1-8H,9H2. The van der Waals surface area contributed by atoms with Crippen molar-refractivity contribution in [2.75, 3.05) is 4.90 Å².